The van der Waals surface area contributed by atoms with E-state index < -0.39 is 0 Å². The minimum Gasteiger partial charge on any atom is -0.497 e. The molecule has 0 amide bonds. The van der Waals surface area contributed by atoms with Crippen LogP contribution in [0.15, 0.2) is 24.3 Å². The summed E-state index contributed by atoms with van der Waals surface area (Å²) < 4.78 is 5.22. The lowest BCUT2D eigenvalue weighted by Gasteiger charge is -2.40. The molecule has 106 valence electrons. The predicted octanol–water partition coefficient (Wildman–Crippen LogP) is 2.67. The monoisotopic (exact) mass is 262 g/mol. The highest BCUT2D eigenvalue weighted by Gasteiger charge is 2.27. The van der Waals surface area contributed by atoms with Crippen LogP contribution >= 0.6 is 0 Å². The fourth-order valence-corrected chi connectivity index (χ4v) is 3.29. The zero-order valence-corrected chi connectivity index (χ0v) is 12.3. The van der Waals surface area contributed by atoms with E-state index in [1.807, 2.05) is 12.1 Å². The number of likely N-dealkylation sites (tertiary alicyclic amines) is 1. The van der Waals surface area contributed by atoms with Gasteiger partial charge in [-0.15, -0.1) is 0 Å². The molecule has 2 rings (SSSR count). The number of ether oxygens (including phenoxy) is 1. The molecular weight excluding hydrogens is 236 g/mol. The van der Waals surface area contributed by atoms with E-state index in [1.165, 1.54) is 12.0 Å². The van der Waals surface area contributed by atoms with Crippen LogP contribution in [0.1, 0.15) is 31.9 Å². The lowest BCUT2D eigenvalue weighted by molar-refractivity contribution is 0.0984. The molecule has 2 N–H and O–H groups in total. The van der Waals surface area contributed by atoms with Crippen molar-refractivity contribution in [3.8, 4) is 5.75 Å². The van der Waals surface area contributed by atoms with Crippen LogP contribution in [0.5, 0.6) is 5.75 Å². The lowest BCUT2D eigenvalue weighted by Crippen LogP contribution is -2.43. The van der Waals surface area contributed by atoms with Crippen molar-refractivity contribution in [2.24, 2.45) is 17.6 Å². The fourth-order valence-electron chi connectivity index (χ4n) is 3.29. The molecule has 3 nitrogen and oxygen atoms in total. The van der Waals surface area contributed by atoms with E-state index in [1.54, 1.807) is 7.11 Å². The number of hydrogen-bond donors (Lipinski definition) is 1. The van der Waals surface area contributed by atoms with Crippen LogP contribution in [0, 0.1) is 11.8 Å². The van der Waals surface area contributed by atoms with Crippen molar-refractivity contribution in [3.05, 3.63) is 29.8 Å². The Hall–Kier alpha value is -1.06. The molecule has 0 radical (unpaired) electrons. The molecule has 1 aromatic rings. The molecule has 0 saturated carbocycles. The first-order chi connectivity index (χ1) is 9.13. The highest BCUT2D eigenvalue weighted by Crippen LogP contribution is 2.29. The van der Waals surface area contributed by atoms with E-state index in [9.17, 15) is 0 Å². The second-order valence-corrected chi connectivity index (χ2v) is 5.92. The Balaban J connectivity index is 2.13. The topological polar surface area (TPSA) is 38.5 Å². The summed E-state index contributed by atoms with van der Waals surface area (Å²) in [6.45, 7) is 7.65. The van der Waals surface area contributed by atoms with Gasteiger partial charge in [-0.25, -0.2) is 0 Å². The predicted molar refractivity (Wildman–Crippen MR) is 79.3 cm³/mol. The SMILES string of the molecule is COc1ccc(C(CN)N2C[C@H](C)C[C@H](C)C2)cc1. The molecule has 1 heterocycles. The van der Waals surface area contributed by atoms with Gasteiger partial charge in [0.1, 0.15) is 5.75 Å². The average molecular weight is 262 g/mol. The lowest BCUT2D eigenvalue weighted by atomic mass is 9.89. The molecule has 1 aromatic carbocycles. The molecule has 1 aliphatic heterocycles. The van der Waals surface area contributed by atoms with Gasteiger partial charge in [0.15, 0.2) is 0 Å². The van der Waals surface area contributed by atoms with E-state index in [-0.39, 0.29) is 0 Å². The van der Waals surface area contributed by atoms with Gasteiger partial charge in [0.25, 0.3) is 0 Å². The smallest absolute Gasteiger partial charge is 0.118 e. The number of nitrogens with zero attached hydrogens (tertiary/aromatic N) is 1. The molecule has 0 bridgehead atoms. The minimum atomic E-state index is 0.330. The van der Waals surface area contributed by atoms with E-state index in [0.29, 0.717) is 12.6 Å². The summed E-state index contributed by atoms with van der Waals surface area (Å²) in [6, 6.07) is 8.65. The fraction of sp³-hybridized carbons (Fsp3) is 0.625. The Morgan fingerprint density at radius 2 is 1.79 bits per heavy atom. The summed E-state index contributed by atoms with van der Waals surface area (Å²) in [5, 5.41) is 0. The summed E-state index contributed by atoms with van der Waals surface area (Å²) in [5.74, 6) is 2.42. The third kappa shape index (κ3) is 3.48. The van der Waals surface area contributed by atoms with Gasteiger partial charge in [0.2, 0.25) is 0 Å². The number of methoxy groups -OCH3 is 1. The molecule has 1 aliphatic rings. The van der Waals surface area contributed by atoms with Crippen molar-refractivity contribution in [3.63, 3.8) is 0 Å². The number of hydrogen-bond acceptors (Lipinski definition) is 3. The average Bonchev–Trinajstić information content (AvgIpc) is 2.39. The highest BCUT2D eigenvalue weighted by molar-refractivity contribution is 5.29. The number of rotatable bonds is 4. The third-order valence-corrected chi connectivity index (χ3v) is 4.06. The molecule has 1 saturated heterocycles. The van der Waals surface area contributed by atoms with E-state index in [2.05, 4.69) is 30.9 Å². The molecule has 1 fully saturated rings. The van der Waals surface area contributed by atoms with Gasteiger partial charge in [0, 0.05) is 25.7 Å². The first kappa shape index (κ1) is 14.4. The zero-order chi connectivity index (χ0) is 13.8. The van der Waals surface area contributed by atoms with Gasteiger partial charge >= 0.3 is 0 Å². The summed E-state index contributed by atoms with van der Waals surface area (Å²) in [7, 11) is 1.70. The number of piperidine rings is 1. The van der Waals surface area contributed by atoms with Crippen LogP contribution in [0.25, 0.3) is 0 Å². The van der Waals surface area contributed by atoms with Crippen molar-refractivity contribution in [1.82, 2.24) is 4.90 Å². The Labute approximate surface area is 116 Å². The van der Waals surface area contributed by atoms with Gasteiger partial charge in [-0.2, -0.15) is 0 Å². The third-order valence-electron chi connectivity index (χ3n) is 4.06. The Kier molecular flexibility index (Phi) is 4.83. The summed E-state index contributed by atoms with van der Waals surface area (Å²) >= 11 is 0. The van der Waals surface area contributed by atoms with Crippen molar-refractivity contribution in [1.29, 1.82) is 0 Å². The van der Waals surface area contributed by atoms with Gasteiger partial charge < -0.3 is 10.5 Å². The van der Waals surface area contributed by atoms with Crippen molar-refractivity contribution in [2.75, 3.05) is 26.7 Å². The van der Waals surface area contributed by atoms with Gasteiger partial charge in [-0.1, -0.05) is 26.0 Å². The molecule has 0 aromatic heterocycles. The standard InChI is InChI=1S/C16H26N2O/c1-12-8-13(2)11-18(10-12)16(9-17)14-4-6-15(19-3)7-5-14/h4-7,12-13,16H,8-11,17H2,1-3H3/t12-,13+,16?. The minimum absolute atomic E-state index is 0.330. The highest BCUT2D eigenvalue weighted by atomic mass is 16.5. The van der Waals surface area contributed by atoms with E-state index in [0.717, 1.165) is 30.7 Å². The molecule has 0 spiro atoms. The van der Waals surface area contributed by atoms with E-state index in [4.69, 9.17) is 10.5 Å². The maximum Gasteiger partial charge on any atom is 0.118 e. The van der Waals surface area contributed by atoms with Crippen LogP contribution in [-0.4, -0.2) is 31.6 Å². The molecule has 1 unspecified atom stereocenters. The first-order valence-corrected chi connectivity index (χ1v) is 7.22. The summed E-state index contributed by atoms with van der Waals surface area (Å²) in [5.41, 5.74) is 7.32. The second-order valence-electron chi connectivity index (χ2n) is 5.92. The molecule has 3 atom stereocenters. The van der Waals surface area contributed by atoms with Crippen LogP contribution in [-0.2, 0) is 0 Å². The summed E-state index contributed by atoms with van der Waals surface area (Å²) in [6.07, 6.45) is 1.33. The summed E-state index contributed by atoms with van der Waals surface area (Å²) in [4.78, 5) is 2.54. The number of benzene rings is 1. The quantitative estimate of drug-likeness (QED) is 0.906. The first-order valence-electron chi connectivity index (χ1n) is 7.22. The largest absolute Gasteiger partial charge is 0.497 e. The van der Waals surface area contributed by atoms with E-state index >= 15 is 0 Å². The zero-order valence-electron chi connectivity index (χ0n) is 12.3. The van der Waals surface area contributed by atoms with Crippen LogP contribution in [0.4, 0.5) is 0 Å². The Bertz CT molecular complexity index is 380. The maximum atomic E-state index is 6.02. The molecular formula is C16H26N2O. The van der Waals surface area contributed by atoms with Crippen LogP contribution in [0.3, 0.4) is 0 Å². The van der Waals surface area contributed by atoms with Gasteiger partial charge in [0.05, 0.1) is 7.11 Å². The van der Waals surface area contributed by atoms with Gasteiger partial charge in [-0.3, -0.25) is 4.90 Å². The Morgan fingerprint density at radius 3 is 2.26 bits per heavy atom. The van der Waals surface area contributed by atoms with Crippen molar-refractivity contribution >= 4 is 0 Å². The van der Waals surface area contributed by atoms with Crippen molar-refractivity contribution < 1.29 is 4.74 Å². The molecule has 19 heavy (non-hydrogen) atoms. The van der Waals surface area contributed by atoms with Crippen molar-refractivity contribution in [2.45, 2.75) is 26.3 Å². The second kappa shape index (κ2) is 6.40. The maximum absolute atomic E-state index is 6.02. The van der Waals surface area contributed by atoms with Crippen LogP contribution < -0.4 is 10.5 Å². The normalized spacial score (nSPS) is 26.1. The molecule has 0 aliphatic carbocycles. The number of nitrogens with two attached hydrogens (primary N) is 1. The van der Waals surface area contributed by atoms with Gasteiger partial charge in [-0.05, 0) is 36.0 Å². The molecule has 3 heteroatoms. The Morgan fingerprint density at radius 1 is 1.21 bits per heavy atom. The van der Waals surface area contributed by atoms with Crippen LogP contribution in [0.2, 0.25) is 0 Å².